The Morgan fingerprint density at radius 1 is 1.34 bits per heavy atom. The summed E-state index contributed by atoms with van der Waals surface area (Å²) >= 11 is 3.59. The Hall–Kier alpha value is -0.830. The van der Waals surface area contributed by atoms with E-state index < -0.39 is 6.79 Å². The van der Waals surface area contributed by atoms with E-state index in [2.05, 4.69) is 68.1 Å². The molecule has 1 aromatic heterocycles. The Morgan fingerprint density at radius 2 is 2.14 bits per heavy atom. The normalized spacial score (nSPS) is 23.1. The van der Waals surface area contributed by atoms with Crippen molar-refractivity contribution >= 4 is 48.0 Å². The van der Waals surface area contributed by atoms with Gasteiger partial charge in [0.1, 0.15) is 0 Å². The summed E-state index contributed by atoms with van der Waals surface area (Å²) in [5.74, 6) is 1.85. The first-order valence-electron chi connectivity index (χ1n) is 11.9. The first-order valence-corrected chi connectivity index (χ1v) is 21.2. The third kappa shape index (κ3) is 6.19. The van der Waals surface area contributed by atoms with Crippen LogP contribution < -0.4 is 22.5 Å². The van der Waals surface area contributed by atoms with E-state index in [4.69, 9.17) is 14.9 Å². The fourth-order valence-electron chi connectivity index (χ4n) is 4.77. The van der Waals surface area contributed by atoms with Gasteiger partial charge in [-0.1, -0.05) is 0 Å². The molecule has 5 rings (SSSR count). The van der Waals surface area contributed by atoms with Crippen LogP contribution in [-0.2, 0) is 9.53 Å². The topological polar surface area (TPSA) is 79.6 Å². The number of allylic oxidation sites excluding steroid dienone is 1. The van der Waals surface area contributed by atoms with Gasteiger partial charge in [-0.2, -0.15) is 0 Å². The number of esters is 1. The minimum absolute atomic E-state index is 0.0179. The second-order valence-electron chi connectivity index (χ2n) is 9.35. The molecule has 2 fully saturated rings. The van der Waals surface area contributed by atoms with Gasteiger partial charge in [0.25, 0.3) is 0 Å². The number of aliphatic hydroxyl groups excluding tert-OH is 1. The zero-order valence-electron chi connectivity index (χ0n) is 19.6. The first kappa shape index (κ1) is 25.8. The van der Waals surface area contributed by atoms with Gasteiger partial charge in [0, 0.05) is 0 Å². The van der Waals surface area contributed by atoms with Gasteiger partial charge in [0.05, 0.1) is 0 Å². The third-order valence-electron chi connectivity index (χ3n) is 6.95. The molecule has 190 valence electrons. The molecule has 0 bridgehead atoms. The average molecular weight is 768 g/mol. The number of hydrogen-bond acceptors (Lipinski definition) is 6. The van der Waals surface area contributed by atoms with E-state index in [1.807, 2.05) is 6.20 Å². The van der Waals surface area contributed by atoms with E-state index in [1.54, 1.807) is 0 Å². The maximum atomic E-state index is 11.8. The molecule has 0 spiro atoms. The number of carbonyl (C=O) groups is 1. The van der Waals surface area contributed by atoms with E-state index in [9.17, 15) is 4.79 Å². The van der Waals surface area contributed by atoms with E-state index in [1.165, 1.54) is 18.3 Å². The molecule has 1 aliphatic carbocycles. The van der Waals surface area contributed by atoms with Gasteiger partial charge in [0.15, 0.2) is 6.79 Å². The van der Waals surface area contributed by atoms with Gasteiger partial charge >= 0.3 is 211 Å². The Kier molecular flexibility index (Phi) is 8.62. The van der Waals surface area contributed by atoms with Crippen molar-refractivity contribution in [2.75, 3.05) is 33.0 Å². The van der Waals surface area contributed by atoms with Crippen molar-refractivity contribution in [2.45, 2.75) is 26.2 Å². The summed E-state index contributed by atoms with van der Waals surface area (Å²) in [7, 11) is 0. The number of nitrogens with zero attached hydrogens (tertiary/aromatic N) is 3. The number of nitrogens with one attached hydrogen (secondary N) is 1. The number of hydrogen-bond donors (Lipinski definition) is 2. The van der Waals surface area contributed by atoms with Crippen LogP contribution in [0.1, 0.15) is 30.4 Å². The number of carbonyl (C=O) groups excluding carboxylic acids is 1. The van der Waals surface area contributed by atoms with Crippen molar-refractivity contribution in [1.29, 1.82) is 0 Å². The standard InChI is InChI=1S/C25H30BrI2N4O3/c1-16-4-2-3-5-19(16)22-11-23(32-24(28-27-22)21(26)13-30-32)29-12-17-6-8-31(9-7-17)14-18-10-20(18)25(34)35-15-33/h2-5,11,13,17-18,20,29,33H,6-10,12,14-15H2,1H3/q-1. The zero-order valence-corrected chi connectivity index (χ0v) is 25.5. The quantitative estimate of drug-likeness (QED) is 0.233. The Balaban J connectivity index is 1.19. The van der Waals surface area contributed by atoms with E-state index >= 15 is 0 Å². The van der Waals surface area contributed by atoms with Crippen LogP contribution in [0.2, 0.25) is 0 Å². The van der Waals surface area contributed by atoms with Crippen molar-refractivity contribution in [1.82, 2.24) is 20.0 Å². The number of aryl methyl sites for hydroxylation is 1. The molecule has 35 heavy (non-hydrogen) atoms. The van der Waals surface area contributed by atoms with E-state index in [0.29, 0.717) is 11.8 Å². The second-order valence-corrected chi connectivity index (χ2v) is 18.7. The summed E-state index contributed by atoms with van der Waals surface area (Å²) < 4.78 is 10.9. The molecular formula is C25H30BrI2N4O3-. The molecule has 2 unspecified atom stereocenters. The van der Waals surface area contributed by atoms with Gasteiger partial charge in [0.2, 0.25) is 0 Å². The number of fused-ring (bicyclic) bond motifs is 1. The van der Waals surface area contributed by atoms with E-state index in [0.717, 1.165) is 55.7 Å². The number of ether oxygens (including phenoxy) is 1. The van der Waals surface area contributed by atoms with Crippen LogP contribution in [0.3, 0.4) is 0 Å². The maximum absolute atomic E-state index is 11.8. The zero-order chi connectivity index (χ0) is 24.4. The number of benzene rings is 1. The van der Waals surface area contributed by atoms with Gasteiger partial charge < -0.3 is 9.84 Å². The molecular weight excluding hydrogens is 738 g/mol. The van der Waals surface area contributed by atoms with Crippen LogP contribution in [-0.4, -0.2) is 62.2 Å². The number of piperidine rings is 1. The summed E-state index contributed by atoms with van der Waals surface area (Å²) in [6.45, 7) is 5.74. The van der Waals surface area contributed by atoms with Crippen molar-refractivity contribution < 1.29 is 31.9 Å². The predicted octanol–water partition coefficient (Wildman–Crippen LogP) is 0.562. The Labute approximate surface area is 230 Å². The number of aromatic nitrogens is 2. The summed E-state index contributed by atoms with van der Waals surface area (Å²) in [6.07, 6.45) is 7.50. The predicted molar refractivity (Wildman–Crippen MR) is 144 cm³/mol. The minimum atomic E-state index is -0.512. The van der Waals surface area contributed by atoms with Gasteiger partial charge in [-0.3, -0.25) is 4.79 Å². The summed E-state index contributed by atoms with van der Waals surface area (Å²) in [5.41, 5.74) is 2.73. The number of aliphatic hydroxyl groups is 1. The SMILES string of the molecule is Cc1ccccc1C1=I[I-]c2c(Br)cnn2C(NCC2CCN(CC3CC3C(=O)OCO)CC2)=C1. The molecule has 7 nitrogen and oxygen atoms in total. The molecule has 3 aliphatic rings. The third-order valence-corrected chi connectivity index (χ3v) is 18.1. The molecule has 2 N–H and O–H groups in total. The van der Waals surface area contributed by atoms with Crippen LogP contribution in [0.4, 0.5) is 0 Å². The monoisotopic (exact) mass is 767 g/mol. The molecule has 1 aromatic carbocycles. The second kappa shape index (κ2) is 11.7. The van der Waals surface area contributed by atoms with E-state index in [-0.39, 0.29) is 45.9 Å². The van der Waals surface area contributed by atoms with Crippen molar-refractivity contribution in [3.63, 3.8) is 0 Å². The molecule has 2 aromatic rings. The summed E-state index contributed by atoms with van der Waals surface area (Å²) in [6, 6.07) is 8.72. The van der Waals surface area contributed by atoms with Crippen molar-refractivity contribution in [3.8, 4) is 0 Å². The average Bonchev–Trinajstić information content (AvgIpc) is 3.57. The molecule has 1 saturated carbocycles. The number of halogens is 3. The number of rotatable bonds is 8. The Bertz CT molecular complexity index is 1140. The molecule has 0 amide bonds. The summed E-state index contributed by atoms with van der Waals surface area (Å²) in [4.78, 5) is 14.3. The summed E-state index contributed by atoms with van der Waals surface area (Å²) in [5, 5.41) is 17.3. The molecule has 10 heteroatoms. The first-order chi connectivity index (χ1) is 17.0. The van der Waals surface area contributed by atoms with Gasteiger partial charge in [-0.05, 0) is 0 Å². The molecule has 3 heterocycles. The fourth-order valence-corrected chi connectivity index (χ4v) is 17.6. The van der Waals surface area contributed by atoms with Crippen LogP contribution in [0.15, 0.2) is 41.0 Å². The van der Waals surface area contributed by atoms with Crippen LogP contribution in [0.25, 0.3) is 5.82 Å². The van der Waals surface area contributed by atoms with Crippen LogP contribution in [0, 0.1) is 28.4 Å². The van der Waals surface area contributed by atoms with Gasteiger partial charge in [-0.15, -0.1) is 0 Å². The van der Waals surface area contributed by atoms with Gasteiger partial charge in [-0.25, -0.2) is 0 Å². The van der Waals surface area contributed by atoms with Crippen LogP contribution in [0.5, 0.6) is 0 Å². The number of likely N-dealkylation sites (tertiary alicyclic amines) is 1. The molecule has 0 radical (unpaired) electrons. The van der Waals surface area contributed by atoms with Crippen molar-refractivity contribution in [2.24, 2.45) is 17.8 Å². The molecule has 1 saturated heterocycles. The Morgan fingerprint density at radius 3 is 2.91 bits per heavy atom. The molecule has 2 atom stereocenters. The fraction of sp³-hybridized carbons (Fsp3) is 0.480. The van der Waals surface area contributed by atoms with Crippen LogP contribution >= 0.6 is 32.7 Å². The molecule has 2 aliphatic heterocycles. The van der Waals surface area contributed by atoms with Crippen molar-refractivity contribution in [3.05, 3.63) is 55.8 Å².